The summed E-state index contributed by atoms with van der Waals surface area (Å²) in [7, 11) is 4.55. The zero-order valence-corrected chi connectivity index (χ0v) is 18.0. The SMILES string of the molecule is CC.COc1cc(CC(=O)NCC(=O)c2c[nH]c3ccccc23)cc(OC)c1OC. The van der Waals surface area contributed by atoms with Crippen LogP contribution >= 0.6 is 0 Å². The number of methoxy groups -OCH3 is 3. The normalized spacial score (nSPS) is 10.0. The fourth-order valence-corrected chi connectivity index (χ4v) is 3.06. The fraction of sp³-hybridized carbons (Fsp3) is 0.304. The van der Waals surface area contributed by atoms with Crippen molar-refractivity contribution < 1.29 is 23.8 Å². The maximum absolute atomic E-state index is 12.5. The van der Waals surface area contributed by atoms with Gasteiger partial charge in [-0.15, -0.1) is 0 Å². The van der Waals surface area contributed by atoms with Crippen LogP contribution in [0.4, 0.5) is 0 Å². The zero-order chi connectivity index (χ0) is 22.1. The largest absolute Gasteiger partial charge is 0.493 e. The van der Waals surface area contributed by atoms with E-state index in [4.69, 9.17) is 14.2 Å². The molecule has 1 heterocycles. The van der Waals surface area contributed by atoms with Gasteiger partial charge in [-0.3, -0.25) is 9.59 Å². The number of fused-ring (bicyclic) bond motifs is 1. The maximum Gasteiger partial charge on any atom is 0.224 e. The summed E-state index contributed by atoms with van der Waals surface area (Å²) in [5.41, 5.74) is 2.13. The lowest BCUT2D eigenvalue weighted by Crippen LogP contribution is -2.30. The second-order valence-corrected chi connectivity index (χ2v) is 6.16. The molecule has 1 amide bonds. The Labute approximate surface area is 176 Å². The van der Waals surface area contributed by atoms with Gasteiger partial charge in [0.2, 0.25) is 11.7 Å². The van der Waals surface area contributed by atoms with E-state index >= 15 is 0 Å². The highest BCUT2D eigenvalue weighted by Gasteiger charge is 2.16. The molecule has 0 aliphatic rings. The molecule has 2 N–H and O–H groups in total. The van der Waals surface area contributed by atoms with Gasteiger partial charge in [-0.1, -0.05) is 32.0 Å². The summed E-state index contributed by atoms with van der Waals surface area (Å²) in [6.07, 6.45) is 1.75. The highest BCUT2D eigenvalue weighted by atomic mass is 16.5. The van der Waals surface area contributed by atoms with Gasteiger partial charge in [-0.05, 0) is 23.8 Å². The average molecular weight is 412 g/mol. The number of H-pyrrole nitrogens is 1. The second-order valence-electron chi connectivity index (χ2n) is 6.16. The van der Waals surface area contributed by atoms with Crippen molar-refractivity contribution in [2.24, 2.45) is 0 Å². The van der Waals surface area contributed by atoms with Crippen molar-refractivity contribution in [3.63, 3.8) is 0 Å². The predicted octanol–water partition coefficient (Wildman–Crippen LogP) is 3.76. The number of ketones is 1. The molecule has 0 unspecified atom stereocenters. The fourth-order valence-electron chi connectivity index (χ4n) is 3.06. The summed E-state index contributed by atoms with van der Waals surface area (Å²) in [5, 5.41) is 3.51. The van der Waals surface area contributed by atoms with Gasteiger partial charge in [0, 0.05) is 22.7 Å². The van der Waals surface area contributed by atoms with Crippen LogP contribution in [0.3, 0.4) is 0 Å². The van der Waals surface area contributed by atoms with Crippen molar-refractivity contribution in [3.05, 3.63) is 53.7 Å². The number of Topliss-reactive ketones (excluding diaryl/α,β-unsaturated/α-hetero) is 1. The Morgan fingerprint density at radius 1 is 0.967 bits per heavy atom. The minimum Gasteiger partial charge on any atom is -0.493 e. The maximum atomic E-state index is 12.5. The summed E-state index contributed by atoms with van der Waals surface area (Å²) in [6, 6.07) is 11.0. The number of hydrogen-bond acceptors (Lipinski definition) is 5. The van der Waals surface area contributed by atoms with E-state index in [-0.39, 0.29) is 24.7 Å². The Bertz CT molecular complexity index is 985. The highest BCUT2D eigenvalue weighted by molar-refractivity contribution is 6.09. The molecular formula is C23H28N2O5. The number of para-hydroxylation sites is 1. The second kappa shape index (κ2) is 10.9. The van der Waals surface area contributed by atoms with E-state index in [1.54, 1.807) is 18.3 Å². The van der Waals surface area contributed by atoms with E-state index in [0.717, 1.165) is 10.9 Å². The molecule has 3 rings (SSSR count). The minimum atomic E-state index is -0.275. The van der Waals surface area contributed by atoms with Crippen LogP contribution in [0.5, 0.6) is 17.2 Å². The van der Waals surface area contributed by atoms with E-state index in [2.05, 4.69) is 10.3 Å². The zero-order valence-electron chi connectivity index (χ0n) is 18.0. The van der Waals surface area contributed by atoms with Gasteiger partial charge in [0.15, 0.2) is 17.3 Å². The van der Waals surface area contributed by atoms with Crippen LogP contribution < -0.4 is 19.5 Å². The lowest BCUT2D eigenvalue weighted by molar-refractivity contribution is -0.120. The summed E-state index contributed by atoms with van der Waals surface area (Å²) in [5.74, 6) is 0.973. The average Bonchev–Trinajstić information content (AvgIpc) is 3.22. The Morgan fingerprint density at radius 3 is 2.20 bits per heavy atom. The highest BCUT2D eigenvalue weighted by Crippen LogP contribution is 2.38. The number of carbonyl (C=O) groups excluding carboxylic acids is 2. The van der Waals surface area contributed by atoms with Crippen molar-refractivity contribution in [1.82, 2.24) is 10.3 Å². The molecule has 0 atom stereocenters. The first kappa shape index (κ1) is 22.8. The van der Waals surface area contributed by atoms with Gasteiger partial charge >= 0.3 is 0 Å². The standard InChI is InChI=1S/C21H22N2O5.C2H6/c1-26-18-8-13(9-19(27-2)21(18)28-3)10-20(25)23-12-17(24)15-11-22-16-7-5-4-6-14(15)16;1-2/h4-9,11,22H,10,12H2,1-3H3,(H,23,25);1-2H3. The molecule has 0 saturated heterocycles. The van der Waals surface area contributed by atoms with E-state index in [1.165, 1.54) is 21.3 Å². The van der Waals surface area contributed by atoms with Crippen molar-refractivity contribution in [2.75, 3.05) is 27.9 Å². The van der Waals surface area contributed by atoms with Gasteiger partial charge in [0.25, 0.3) is 0 Å². The topological polar surface area (TPSA) is 89.7 Å². The number of hydrogen-bond donors (Lipinski definition) is 2. The Hall–Kier alpha value is -3.48. The lowest BCUT2D eigenvalue weighted by Gasteiger charge is -2.14. The quantitative estimate of drug-likeness (QED) is 0.550. The number of benzene rings is 2. The molecule has 0 spiro atoms. The Balaban J connectivity index is 0.00000155. The third-order valence-corrected chi connectivity index (χ3v) is 4.42. The van der Waals surface area contributed by atoms with Crippen LogP contribution in [-0.4, -0.2) is 44.5 Å². The Morgan fingerprint density at radius 2 is 1.60 bits per heavy atom. The van der Waals surface area contributed by atoms with Crippen LogP contribution in [0.25, 0.3) is 10.9 Å². The number of ether oxygens (including phenoxy) is 3. The molecule has 0 bridgehead atoms. The molecule has 0 aliphatic carbocycles. The van der Waals surface area contributed by atoms with E-state index in [9.17, 15) is 9.59 Å². The van der Waals surface area contributed by atoms with Gasteiger partial charge in [-0.2, -0.15) is 0 Å². The number of rotatable bonds is 8. The van der Waals surface area contributed by atoms with Gasteiger partial charge in [0.05, 0.1) is 34.3 Å². The first-order valence-corrected chi connectivity index (χ1v) is 9.72. The molecule has 0 radical (unpaired) electrons. The summed E-state index contributed by atoms with van der Waals surface area (Å²) >= 11 is 0. The van der Waals surface area contributed by atoms with Crippen LogP contribution in [0.2, 0.25) is 0 Å². The number of aromatic amines is 1. The summed E-state index contributed by atoms with van der Waals surface area (Å²) < 4.78 is 15.9. The first-order valence-electron chi connectivity index (χ1n) is 9.72. The molecule has 0 fully saturated rings. The summed E-state index contributed by atoms with van der Waals surface area (Å²) in [4.78, 5) is 27.8. The third-order valence-electron chi connectivity index (χ3n) is 4.42. The first-order chi connectivity index (χ1) is 14.6. The van der Waals surface area contributed by atoms with E-state index in [0.29, 0.717) is 28.4 Å². The molecule has 2 aromatic carbocycles. The Kier molecular flexibility index (Phi) is 8.29. The monoisotopic (exact) mass is 412 g/mol. The lowest BCUT2D eigenvalue weighted by atomic mass is 10.1. The molecular weight excluding hydrogens is 384 g/mol. The number of carbonyl (C=O) groups is 2. The number of aromatic nitrogens is 1. The van der Waals surface area contributed by atoms with Crippen molar-refractivity contribution in [2.45, 2.75) is 20.3 Å². The third kappa shape index (κ3) is 5.11. The molecule has 30 heavy (non-hydrogen) atoms. The minimum absolute atomic E-state index is 0.0783. The molecule has 0 aliphatic heterocycles. The van der Waals surface area contributed by atoms with Crippen LogP contribution in [0.15, 0.2) is 42.6 Å². The number of nitrogens with one attached hydrogen (secondary N) is 2. The predicted molar refractivity (Wildman–Crippen MR) is 117 cm³/mol. The van der Waals surface area contributed by atoms with Crippen molar-refractivity contribution in [1.29, 1.82) is 0 Å². The molecule has 160 valence electrons. The van der Waals surface area contributed by atoms with Crippen LogP contribution in [-0.2, 0) is 11.2 Å². The molecule has 7 nitrogen and oxygen atoms in total. The molecule has 7 heteroatoms. The van der Waals surface area contributed by atoms with Crippen molar-refractivity contribution in [3.8, 4) is 17.2 Å². The number of amides is 1. The van der Waals surface area contributed by atoms with E-state index < -0.39 is 0 Å². The van der Waals surface area contributed by atoms with Gasteiger partial charge in [-0.25, -0.2) is 0 Å². The van der Waals surface area contributed by atoms with Gasteiger partial charge < -0.3 is 24.5 Å². The van der Waals surface area contributed by atoms with Gasteiger partial charge in [0.1, 0.15) is 0 Å². The van der Waals surface area contributed by atoms with E-state index in [1.807, 2.05) is 38.1 Å². The smallest absolute Gasteiger partial charge is 0.224 e. The molecule has 3 aromatic rings. The molecule has 0 saturated carbocycles. The molecule has 1 aromatic heterocycles. The van der Waals surface area contributed by atoms with Crippen molar-refractivity contribution >= 4 is 22.6 Å². The van der Waals surface area contributed by atoms with Crippen LogP contribution in [0.1, 0.15) is 29.8 Å². The summed E-state index contributed by atoms with van der Waals surface area (Å²) in [6.45, 7) is 3.92. The van der Waals surface area contributed by atoms with Crippen LogP contribution in [0, 0.1) is 0 Å².